The fraction of sp³-hybridized carbons (Fsp3) is 0.636. The first kappa shape index (κ1) is 13.5. The van der Waals surface area contributed by atoms with E-state index in [-0.39, 0.29) is 6.61 Å². The van der Waals surface area contributed by atoms with Gasteiger partial charge in [-0.15, -0.1) is 0 Å². The van der Waals surface area contributed by atoms with E-state index in [1.807, 2.05) is 6.92 Å². The molecule has 0 aromatic heterocycles. The van der Waals surface area contributed by atoms with E-state index in [1.54, 1.807) is 0 Å². The Morgan fingerprint density at radius 1 is 1.53 bits per heavy atom. The Bertz CT molecular complexity index is 306. The Morgan fingerprint density at radius 3 is 2.76 bits per heavy atom. The summed E-state index contributed by atoms with van der Waals surface area (Å²) in [6.07, 6.45) is 0.976. The molecular weight excluding hydrogens is 222 g/mol. The SMILES string of the molecule is C=CCOC(=O)N1CCN(CC)CC1C(N)=O. The van der Waals surface area contributed by atoms with Gasteiger partial charge in [0, 0.05) is 19.6 Å². The number of piperazine rings is 1. The molecule has 0 bridgehead atoms. The fourth-order valence-corrected chi connectivity index (χ4v) is 1.80. The van der Waals surface area contributed by atoms with Gasteiger partial charge in [0.15, 0.2) is 0 Å². The van der Waals surface area contributed by atoms with Crippen LogP contribution < -0.4 is 5.73 Å². The van der Waals surface area contributed by atoms with Crippen LogP contribution in [0.1, 0.15) is 6.92 Å². The van der Waals surface area contributed by atoms with Crippen LogP contribution in [0.15, 0.2) is 12.7 Å². The smallest absolute Gasteiger partial charge is 0.410 e. The van der Waals surface area contributed by atoms with Crippen molar-refractivity contribution in [3.8, 4) is 0 Å². The predicted molar refractivity (Wildman–Crippen MR) is 63.3 cm³/mol. The first-order valence-electron chi connectivity index (χ1n) is 5.66. The van der Waals surface area contributed by atoms with E-state index in [0.29, 0.717) is 13.1 Å². The fourth-order valence-electron chi connectivity index (χ4n) is 1.80. The van der Waals surface area contributed by atoms with Crippen molar-refractivity contribution in [2.24, 2.45) is 5.73 Å². The molecule has 6 heteroatoms. The third-order valence-corrected chi connectivity index (χ3v) is 2.80. The minimum atomic E-state index is -0.610. The summed E-state index contributed by atoms with van der Waals surface area (Å²) < 4.78 is 4.92. The van der Waals surface area contributed by atoms with Crippen molar-refractivity contribution < 1.29 is 14.3 Å². The molecule has 0 saturated carbocycles. The normalized spacial score (nSPS) is 21.0. The highest BCUT2D eigenvalue weighted by molar-refractivity contribution is 5.84. The van der Waals surface area contributed by atoms with Crippen molar-refractivity contribution in [3.63, 3.8) is 0 Å². The molecule has 1 saturated heterocycles. The lowest BCUT2D eigenvalue weighted by molar-refractivity contribution is -0.124. The zero-order valence-corrected chi connectivity index (χ0v) is 10.1. The van der Waals surface area contributed by atoms with E-state index < -0.39 is 18.0 Å². The zero-order valence-electron chi connectivity index (χ0n) is 10.1. The van der Waals surface area contributed by atoms with Gasteiger partial charge in [0.05, 0.1) is 0 Å². The van der Waals surface area contributed by atoms with Crippen LogP contribution in [0.4, 0.5) is 4.79 Å². The van der Waals surface area contributed by atoms with E-state index >= 15 is 0 Å². The quantitative estimate of drug-likeness (QED) is 0.692. The summed E-state index contributed by atoms with van der Waals surface area (Å²) in [4.78, 5) is 26.5. The molecule has 2 N–H and O–H groups in total. The van der Waals surface area contributed by atoms with Crippen LogP contribution in [0.3, 0.4) is 0 Å². The van der Waals surface area contributed by atoms with Crippen molar-refractivity contribution in [1.82, 2.24) is 9.80 Å². The number of rotatable bonds is 4. The predicted octanol–water partition coefficient (Wildman–Crippen LogP) is -0.200. The summed E-state index contributed by atoms with van der Waals surface area (Å²) in [6.45, 7) is 8.08. The number of nitrogens with two attached hydrogens (primary N) is 1. The van der Waals surface area contributed by atoms with Gasteiger partial charge < -0.3 is 10.5 Å². The maximum Gasteiger partial charge on any atom is 0.410 e. The third kappa shape index (κ3) is 3.45. The van der Waals surface area contributed by atoms with Crippen molar-refractivity contribution in [2.75, 3.05) is 32.8 Å². The molecule has 2 amide bonds. The highest BCUT2D eigenvalue weighted by Crippen LogP contribution is 2.11. The molecule has 0 spiro atoms. The van der Waals surface area contributed by atoms with Gasteiger partial charge in [-0.3, -0.25) is 14.6 Å². The summed E-state index contributed by atoms with van der Waals surface area (Å²) in [7, 11) is 0. The summed E-state index contributed by atoms with van der Waals surface area (Å²) in [5.74, 6) is -0.501. The number of amides is 2. The van der Waals surface area contributed by atoms with Crippen molar-refractivity contribution in [1.29, 1.82) is 0 Å². The number of carbonyl (C=O) groups excluding carboxylic acids is 2. The maximum atomic E-state index is 11.7. The van der Waals surface area contributed by atoms with Gasteiger partial charge in [-0.1, -0.05) is 19.6 Å². The van der Waals surface area contributed by atoms with Crippen LogP contribution >= 0.6 is 0 Å². The van der Waals surface area contributed by atoms with Gasteiger partial charge in [-0.2, -0.15) is 0 Å². The summed E-state index contributed by atoms with van der Waals surface area (Å²) >= 11 is 0. The second-order valence-electron chi connectivity index (χ2n) is 3.87. The van der Waals surface area contributed by atoms with Crippen molar-refractivity contribution >= 4 is 12.0 Å². The molecule has 6 nitrogen and oxygen atoms in total. The van der Waals surface area contributed by atoms with Crippen molar-refractivity contribution in [2.45, 2.75) is 13.0 Å². The van der Waals surface area contributed by atoms with Crippen LogP contribution in [0, 0.1) is 0 Å². The van der Waals surface area contributed by atoms with E-state index in [1.165, 1.54) is 11.0 Å². The van der Waals surface area contributed by atoms with Crippen LogP contribution in [0.25, 0.3) is 0 Å². The number of ether oxygens (including phenoxy) is 1. The molecule has 0 radical (unpaired) electrons. The Balaban J connectivity index is 2.66. The molecule has 0 aromatic rings. The molecule has 1 unspecified atom stereocenters. The largest absolute Gasteiger partial charge is 0.445 e. The highest BCUT2D eigenvalue weighted by atomic mass is 16.6. The molecule has 1 aliphatic rings. The van der Waals surface area contributed by atoms with Crippen LogP contribution in [0.5, 0.6) is 0 Å². The Morgan fingerprint density at radius 2 is 2.24 bits per heavy atom. The average Bonchev–Trinajstić information content (AvgIpc) is 2.35. The Hall–Kier alpha value is -1.56. The van der Waals surface area contributed by atoms with Crippen molar-refractivity contribution in [3.05, 3.63) is 12.7 Å². The van der Waals surface area contributed by atoms with E-state index in [4.69, 9.17) is 10.5 Å². The highest BCUT2D eigenvalue weighted by Gasteiger charge is 2.34. The van der Waals surface area contributed by atoms with Gasteiger partial charge >= 0.3 is 6.09 Å². The van der Waals surface area contributed by atoms with E-state index in [0.717, 1.165) is 13.1 Å². The maximum absolute atomic E-state index is 11.7. The standard InChI is InChI=1S/C11H19N3O3/c1-3-7-17-11(16)14-6-5-13(4-2)8-9(14)10(12)15/h3,9H,1,4-8H2,2H3,(H2,12,15). The lowest BCUT2D eigenvalue weighted by Crippen LogP contribution is -2.59. The Labute approximate surface area is 101 Å². The molecule has 1 fully saturated rings. The minimum Gasteiger partial charge on any atom is -0.445 e. The second-order valence-corrected chi connectivity index (χ2v) is 3.87. The molecule has 1 heterocycles. The molecule has 0 aromatic carbocycles. The average molecular weight is 241 g/mol. The molecule has 1 atom stereocenters. The number of primary amides is 1. The van der Waals surface area contributed by atoms with Gasteiger partial charge in [-0.25, -0.2) is 4.79 Å². The van der Waals surface area contributed by atoms with Gasteiger partial charge in [0.2, 0.25) is 5.91 Å². The molecule has 96 valence electrons. The van der Waals surface area contributed by atoms with Crippen LogP contribution in [0.2, 0.25) is 0 Å². The lowest BCUT2D eigenvalue weighted by atomic mass is 10.1. The number of likely N-dealkylation sites (N-methyl/N-ethyl adjacent to an activating group) is 1. The lowest BCUT2D eigenvalue weighted by Gasteiger charge is -2.38. The zero-order chi connectivity index (χ0) is 12.8. The van der Waals surface area contributed by atoms with Gasteiger partial charge in [0.1, 0.15) is 12.6 Å². The number of nitrogens with zero attached hydrogens (tertiary/aromatic N) is 2. The summed E-state index contributed by atoms with van der Waals surface area (Å²) in [6, 6.07) is -0.610. The molecule has 0 aliphatic carbocycles. The molecular formula is C11H19N3O3. The monoisotopic (exact) mass is 241 g/mol. The number of hydrogen-bond donors (Lipinski definition) is 1. The van der Waals surface area contributed by atoms with Crippen LogP contribution in [-0.2, 0) is 9.53 Å². The second kappa shape index (κ2) is 6.24. The Kier molecular flexibility index (Phi) is 4.96. The van der Waals surface area contributed by atoms with E-state index in [2.05, 4.69) is 11.5 Å². The first-order valence-corrected chi connectivity index (χ1v) is 5.66. The molecule has 1 aliphatic heterocycles. The number of carbonyl (C=O) groups is 2. The number of hydrogen-bond acceptors (Lipinski definition) is 4. The van der Waals surface area contributed by atoms with E-state index in [9.17, 15) is 9.59 Å². The molecule has 17 heavy (non-hydrogen) atoms. The van der Waals surface area contributed by atoms with Gasteiger partial charge in [0.25, 0.3) is 0 Å². The topological polar surface area (TPSA) is 75.9 Å². The van der Waals surface area contributed by atoms with Gasteiger partial charge in [-0.05, 0) is 6.54 Å². The van der Waals surface area contributed by atoms with Crippen LogP contribution in [-0.4, -0.2) is 60.6 Å². The summed E-state index contributed by atoms with van der Waals surface area (Å²) in [5, 5.41) is 0. The first-order chi connectivity index (χ1) is 8.10. The molecule has 1 rings (SSSR count). The third-order valence-electron chi connectivity index (χ3n) is 2.80. The minimum absolute atomic E-state index is 0.137. The summed E-state index contributed by atoms with van der Waals surface area (Å²) in [5.41, 5.74) is 5.31.